The van der Waals surface area contributed by atoms with Crippen LogP contribution in [0.25, 0.3) is 0 Å². The van der Waals surface area contributed by atoms with E-state index in [9.17, 15) is 0 Å². The van der Waals surface area contributed by atoms with Gasteiger partial charge in [0.1, 0.15) is 5.82 Å². The summed E-state index contributed by atoms with van der Waals surface area (Å²) in [7, 11) is 0. The van der Waals surface area contributed by atoms with Crippen LogP contribution in [-0.2, 0) is 5.88 Å². The number of pyridine rings is 1. The molecule has 100 valence electrons. The van der Waals surface area contributed by atoms with Gasteiger partial charge in [-0.15, -0.1) is 11.6 Å². The number of anilines is 1. The Kier molecular flexibility index (Phi) is 4.16. The van der Waals surface area contributed by atoms with Gasteiger partial charge in [0.2, 0.25) is 0 Å². The van der Waals surface area contributed by atoms with Gasteiger partial charge in [0, 0.05) is 25.2 Å². The summed E-state index contributed by atoms with van der Waals surface area (Å²) >= 11 is 5.87. The molecule has 1 saturated heterocycles. The summed E-state index contributed by atoms with van der Waals surface area (Å²) in [6.07, 6.45) is 4.38. The minimum Gasteiger partial charge on any atom is -0.357 e. The first-order valence-electron chi connectivity index (χ1n) is 6.76. The molecule has 2 nitrogen and oxygen atoms in total. The average Bonchev–Trinajstić information content (AvgIpc) is 2.38. The van der Waals surface area contributed by atoms with E-state index in [4.69, 9.17) is 11.6 Å². The lowest BCUT2D eigenvalue weighted by Crippen LogP contribution is -2.38. The van der Waals surface area contributed by atoms with Gasteiger partial charge in [0.05, 0.1) is 0 Å². The van der Waals surface area contributed by atoms with Crippen LogP contribution in [0.3, 0.4) is 0 Å². The van der Waals surface area contributed by atoms with Crippen molar-refractivity contribution in [2.24, 2.45) is 11.3 Å². The first kappa shape index (κ1) is 13.7. The first-order valence-corrected chi connectivity index (χ1v) is 7.30. The number of nitrogens with zero attached hydrogens (tertiary/aromatic N) is 2. The number of aromatic nitrogens is 1. The van der Waals surface area contributed by atoms with E-state index in [0.29, 0.717) is 11.3 Å². The molecule has 0 unspecified atom stereocenters. The third-order valence-corrected chi connectivity index (χ3v) is 4.32. The standard InChI is InChI=1S/C15H23ClN2/c1-15(2,3)13-5-8-18(9-6-13)14-10-12(11-16)4-7-17-14/h4,7,10,13H,5-6,8-9,11H2,1-3H3. The fourth-order valence-corrected chi connectivity index (χ4v) is 2.86. The van der Waals surface area contributed by atoms with Crippen LogP contribution < -0.4 is 4.90 Å². The molecular formula is C15H23ClN2. The number of piperidine rings is 1. The van der Waals surface area contributed by atoms with Crippen molar-refractivity contribution in [2.75, 3.05) is 18.0 Å². The molecule has 18 heavy (non-hydrogen) atoms. The maximum absolute atomic E-state index is 5.87. The van der Waals surface area contributed by atoms with Crippen LogP contribution >= 0.6 is 11.6 Å². The van der Waals surface area contributed by atoms with Crippen LogP contribution in [0.2, 0.25) is 0 Å². The number of hydrogen-bond acceptors (Lipinski definition) is 2. The molecule has 2 rings (SSSR count). The van der Waals surface area contributed by atoms with Gasteiger partial charge in [-0.3, -0.25) is 0 Å². The smallest absolute Gasteiger partial charge is 0.128 e. The van der Waals surface area contributed by atoms with Crippen molar-refractivity contribution in [2.45, 2.75) is 39.5 Å². The highest BCUT2D eigenvalue weighted by molar-refractivity contribution is 6.17. The molecular weight excluding hydrogens is 244 g/mol. The third-order valence-electron chi connectivity index (χ3n) is 4.01. The number of halogens is 1. The summed E-state index contributed by atoms with van der Waals surface area (Å²) < 4.78 is 0. The highest BCUT2D eigenvalue weighted by Crippen LogP contribution is 2.35. The van der Waals surface area contributed by atoms with E-state index in [2.05, 4.69) is 36.7 Å². The summed E-state index contributed by atoms with van der Waals surface area (Å²) in [5.41, 5.74) is 1.58. The average molecular weight is 267 g/mol. The Balaban J connectivity index is 2.01. The zero-order valence-corrected chi connectivity index (χ0v) is 12.4. The van der Waals surface area contributed by atoms with Crippen LogP contribution in [0.15, 0.2) is 18.3 Å². The first-order chi connectivity index (χ1) is 8.50. The van der Waals surface area contributed by atoms with Crippen molar-refractivity contribution in [1.82, 2.24) is 4.98 Å². The minimum absolute atomic E-state index is 0.428. The third kappa shape index (κ3) is 3.17. The Labute approximate surface area is 115 Å². The lowest BCUT2D eigenvalue weighted by molar-refractivity contribution is 0.198. The van der Waals surface area contributed by atoms with Crippen LogP contribution in [0.1, 0.15) is 39.2 Å². The molecule has 1 aliphatic rings. The molecule has 3 heteroatoms. The van der Waals surface area contributed by atoms with Gasteiger partial charge in [-0.2, -0.15) is 0 Å². The molecule has 0 amide bonds. The molecule has 2 heterocycles. The van der Waals surface area contributed by atoms with Crippen LogP contribution in [0.4, 0.5) is 5.82 Å². The molecule has 0 N–H and O–H groups in total. The molecule has 0 radical (unpaired) electrons. The molecule has 0 aliphatic carbocycles. The maximum atomic E-state index is 5.87. The Hall–Kier alpha value is -0.760. The zero-order valence-electron chi connectivity index (χ0n) is 11.6. The van der Waals surface area contributed by atoms with Gasteiger partial charge < -0.3 is 4.90 Å². The Bertz CT molecular complexity index is 390. The SMILES string of the molecule is CC(C)(C)C1CCN(c2cc(CCl)ccn2)CC1. The van der Waals surface area contributed by atoms with Crippen molar-refractivity contribution in [1.29, 1.82) is 0 Å². The van der Waals surface area contributed by atoms with Gasteiger partial charge in [0.15, 0.2) is 0 Å². The monoisotopic (exact) mass is 266 g/mol. The Morgan fingerprint density at radius 1 is 1.33 bits per heavy atom. The fraction of sp³-hybridized carbons (Fsp3) is 0.667. The molecule has 1 aromatic heterocycles. The minimum atomic E-state index is 0.428. The van der Waals surface area contributed by atoms with Crippen LogP contribution in [0.5, 0.6) is 0 Å². The lowest BCUT2D eigenvalue weighted by atomic mass is 9.75. The Morgan fingerprint density at radius 3 is 2.56 bits per heavy atom. The topological polar surface area (TPSA) is 16.1 Å². The van der Waals surface area contributed by atoms with Crippen molar-refractivity contribution in [3.8, 4) is 0 Å². The summed E-state index contributed by atoms with van der Waals surface area (Å²) in [6.45, 7) is 9.26. The van der Waals surface area contributed by atoms with Gasteiger partial charge in [-0.1, -0.05) is 20.8 Å². The lowest BCUT2D eigenvalue weighted by Gasteiger charge is -2.39. The highest BCUT2D eigenvalue weighted by atomic mass is 35.5. The quantitative estimate of drug-likeness (QED) is 0.750. The summed E-state index contributed by atoms with van der Waals surface area (Å²) in [5.74, 6) is 2.47. The van der Waals surface area contributed by atoms with Crippen LogP contribution in [-0.4, -0.2) is 18.1 Å². The highest BCUT2D eigenvalue weighted by Gasteiger charge is 2.29. The predicted octanol–water partition coefficient (Wildman–Crippen LogP) is 4.08. The Morgan fingerprint density at radius 2 is 2.00 bits per heavy atom. The number of hydrogen-bond donors (Lipinski definition) is 0. The van der Waals surface area contributed by atoms with Gasteiger partial charge in [-0.25, -0.2) is 4.98 Å². The normalized spacial score (nSPS) is 18.1. The van der Waals surface area contributed by atoms with E-state index in [1.807, 2.05) is 12.3 Å². The van der Waals surface area contributed by atoms with E-state index < -0.39 is 0 Å². The molecule has 0 spiro atoms. The number of rotatable bonds is 2. The molecule has 1 fully saturated rings. The van der Waals surface area contributed by atoms with E-state index in [1.54, 1.807) is 0 Å². The molecule has 0 bridgehead atoms. The second kappa shape index (κ2) is 5.48. The van der Waals surface area contributed by atoms with Crippen molar-refractivity contribution < 1.29 is 0 Å². The van der Waals surface area contributed by atoms with E-state index >= 15 is 0 Å². The summed E-state index contributed by atoms with van der Waals surface area (Å²) in [6, 6.07) is 4.10. The van der Waals surface area contributed by atoms with Crippen molar-refractivity contribution in [3.05, 3.63) is 23.9 Å². The van der Waals surface area contributed by atoms with E-state index in [0.717, 1.165) is 30.4 Å². The number of alkyl halides is 1. The van der Waals surface area contributed by atoms with Gasteiger partial charge in [0.25, 0.3) is 0 Å². The van der Waals surface area contributed by atoms with Gasteiger partial charge in [-0.05, 0) is 41.9 Å². The molecule has 0 atom stereocenters. The van der Waals surface area contributed by atoms with Crippen molar-refractivity contribution >= 4 is 17.4 Å². The second-order valence-corrected chi connectivity index (χ2v) is 6.55. The fourth-order valence-electron chi connectivity index (χ4n) is 2.69. The van der Waals surface area contributed by atoms with E-state index in [-0.39, 0.29) is 0 Å². The zero-order chi connectivity index (χ0) is 13.2. The molecule has 0 saturated carbocycles. The predicted molar refractivity (Wildman–Crippen MR) is 78.2 cm³/mol. The summed E-state index contributed by atoms with van der Waals surface area (Å²) in [4.78, 5) is 6.85. The van der Waals surface area contributed by atoms with E-state index in [1.165, 1.54) is 12.8 Å². The summed E-state index contributed by atoms with van der Waals surface area (Å²) in [5, 5.41) is 0. The van der Waals surface area contributed by atoms with Crippen molar-refractivity contribution in [3.63, 3.8) is 0 Å². The second-order valence-electron chi connectivity index (χ2n) is 6.28. The maximum Gasteiger partial charge on any atom is 0.128 e. The molecule has 1 aliphatic heterocycles. The van der Waals surface area contributed by atoms with Gasteiger partial charge >= 0.3 is 0 Å². The molecule has 0 aromatic carbocycles. The largest absolute Gasteiger partial charge is 0.357 e. The molecule has 1 aromatic rings. The van der Waals surface area contributed by atoms with Crippen LogP contribution in [0, 0.1) is 11.3 Å².